The molecule has 2 saturated carbocycles. The van der Waals surface area contributed by atoms with Crippen LogP contribution in [-0.2, 0) is 4.74 Å². The molecule has 156 valence electrons. The second-order valence-electron chi connectivity index (χ2n) is 8.25. The molecular formula is C23H24N2O5. The number of phenols is 1. The average molecular weight is 408 g/mol. The van der Waals surface area contributed by atoms with E-state index in [2.05, 4.69) is 10.3 Å². The number of phenolic OH excluding ortho intramolecular Hbond substituents is 1. The quantitative estimate of drug-likeness (QED) is 0.579. The highest BCUT2D eigenvalue weighted by Crippen LogP contribution is 2.47. The molecule has 0 unspecified atom stereocenters. The molecular weight excluding hydrogens is 384 g/mol. The molecule has 2 aromatic rings. The third-order valence-corrected chi connectivity index (χ3v) is 6.30. The first-order chi connectivity index (χ1) is 14.3. The van der Waals surface area contributed by atoms with Gasteiger partial charge in [-0.25, -0.2) is 9.78 Å². The number of aromatic hydroxyl groups is 1. The van der Waals surface area contributed by atoms with Crippen LogP contribution in [0.3, 0.4) is 0 Å². The summed E-state index contributed by atoms with van der Waals surface area (Å²) in [6.45, 7) is 1.40. The van der Waals surface area contributed by atoms with Crippen molar-refractivity contribution in [3.05, 3.63) is 47.3 Å². The van der Waals surface area contributed by atoms with Crippen molar-refractivity contribution in [2.75, 3.05) is 7.11 Å². The summed E-state index contributed by atoms with van der Waals surface area (Å²) >= 11 is 0. The van der Waals surface area contributed by atoms with Crippen LogP contribution in [0.25, 0.3) is 11.1 Å². The van der Waals surface area contributed by atoms with E-state index in [-0.39, 0.29) is 34.4 Å². The maximum atomic E-state index is 12.9. The van der Waals surface area contributed by atoms with Gasteiger partial charge in [0.05, 0.1) is 7.11 Å². The summed E-state index contributed by atoms with van der Waals surface area (Å²) in [4.78, 5) is 41.7. The molecule has 0 aliphatic heterocycles. The van der Waals surface area contributed by atoms with E-state index in [1.54, 1.807) is 6.07 Å². The standard InChI is InChI=1S/C23H24N2O5/c1-13(26)16-4-3-15(27)11-18(16)17-5-6-19(24-20(17)22(29)30-2)21(28)25-23-9-7-14(12-23)8-10-23/h3-6,11,14,27H,7-10,12H2,1-2H3,(H,25,28). The van der Waals surface area contributed by atoms with Crippen LogP contribution in [0, 0.1) is 5.92 Å². The highest BCUT2D eigenvalue weighted by Gasteiger charge is 2.45. The molecule has 2 N–H and O–H groups in total. The highest BCUT2D eigenvalue weighted by atomic mass is 16.5. The van der Waals surface area contributed by atoms with Gasteiger partial charge in [-0.3, -0.25) is 9.59 Å². The van der Waals surface area contributed by atoms with Gasteiger partial charge in [-0.1, -0.05) is 0 Å². The van der Waals surface area contributed by atoms with Crippen molar-refractivity contribution in [2.45, 2.75) is 44.6 Å². The molecule has 1 aromatic heterocycles. The third-order valence-electron chi connectivity index (χ3n) is 6.30. The van der Waals surface area contributed by atoms with E-state index in [0.29, 0.717) is 22.6 Å². The van der Waals surface area contributed by atoms with Crippen molar-refractivity contribution in [1.82, 2.24) is 10.3 Å². The van der Waals surface area contributed by atoms with Gasteiger partial charge in [0.1, 0.15) is 11.4 Å². The van der Waals surface area contributed by atoms with Crippen LogP contribution in [-0.4, -0.2) is 40.4 Å². The number of amides is 1. The number of nitrogens with zero attached hydrogens (tertiary/aromatic N) is 1. The number of aromatic nitrogens is 1. The average Bonchev–Trinajstić information content (AvgIpc) is 3.33. The Labute approximate surface area is 174 Å². The van der Waals surface area contributed by atoms with Crippen molar-refractivity contribution in [2.24, 2.45) is 5.92 Å². The molecule has 1 aromatic carbocycles. The summed E-state index contributed by atoms with van der Waals surface area (Å²) in [6.07, 6.45) is 5.19. The van der Waals surface area contributed by atoms with Gasteiger partial charge in [0.2, 0.25) is 0 Å². The maximum Gasteiger partial charge on any atom is 0.357 e. The van der Waals surface area contributed by atoms with E-state index in [9.17, 15) is 19.5 Å². The number of fused-ring (bicyclic) bond motifs is 2. The number of Topliss-reactive ketones (excluding diaryl/α,β-unsaturated/α-hetero) is 1. The van der Waals surface area contributed by atoms with Crippen molar-refractivity contribution in [1.29, 1.82) is 0 Å². The van der Waals surface area contributed by atoms with Gasteiger partial charge in [0, 0.05) is 16.7 Å². The number of esters is 1. The molecule has 2 bridgehead atoms. The Morgan fingerprint density at radius 2 is 1.87 bits per heavy atom. The summed E-state index contributed by atoms with van der Waals surface area (Å²) in [7, 11) is 1.23. The number of ether oxygens (including phenoxy) is 1. The minimum atomic E-state index is -0.725. The second kappa shape index (κ2) is 7.55. The molecule has 0 spiro atoms. The van der Waals surface area contributed by atoms with Crippen LogP contribution in [0.5, 0.6) is 5.75 Å². The molecule has 7 heteroatoms. The fourth-order valence-electron chi connectivity index (χ4n) is 4.79. The number of ketones is 1. The van der Waals surface area contributed by atoms with E-state index in [1.165, 1.54) is 38.3 Å². The number of hydrogen-bond acceptors (Lipinski definition) is 6. The van der Waals surface area contributed by atoms with Gasteiger partial charge in [-0.2, -0.15) is 0 Å². The fraction of sp³-hybridized carbons (Fsp3) is 0.391. The van der Waals surface area contributed by atoms with E-state index < -0.39 is 5.97 Å². The van der Waals surface area contributed by atoms with E-state index >= 15 is 0 Å². The number of carbonyl (C=O) groups is 3. The SMILES string of the molecule is COC(=O)c1nc(C(=O)NC23CCC(CC2)C3)ccc1-c1cc(O)ccc1C(C)=O. The Kier molecular flexibility index (Phi) is 5.05. The summed E-state index contributed by atoms with van der Waals surface area (Å²) in [5.74, 6) is -0.640. The molecule has 0 saturated heterocycles. The van der Waals surface area contributed by atoms with Crippen LogP contribution in [0.1, 0.15) is 70.4 Å². The number of pyridine rings is 1. The topological polar surface area (TPSA) is 106 Å². The van der Waals surface area contributed by atoms with Gasteiger partial charge < -0.3 is 15.2 Å². The van der Waals surface area contributed by atoms with Gasteiger partial charge in [0.15, 0.2) is 11.5 Å². The molecule has 2 aliphatic carbocycles. The molecule has 2 aliphatic rings. The fourth-order valence-corrected chi connectivity index (χ4v) is 4.79. The Hall–Kier alpha value is -3.22. The largest absolute Gasteiger partial charge is 0.508 e. The highest BCUT2D eigenvalue weighted by molar-refractivity contribution is 6.05. The maximum absolute atomic E-state index is 12.9. The first-order valence-electron chi connectivity index (χ1n) is 10.1. The monoisotopic (exact) mass is 408 g/mol. The molecule has 4 rings (SSSR count). The zero-order valence-electron chi connectivity index (χ0n) is 17.0. The number of methoxy groups -OCH3 is 1. The van der Waals surface area contributed by atoms with Crippen LogP contribution in [0.4, 0.5) is 0 Å². The normalized spacial score (nSPS) is 22.0. The molecule has 0 atom stereocenters. The van der Waals surface area contributed by atoms with Crippen LogP contribution >= 0.6 is 0 Å². The van der Waals surface area contributed by atoms with E-state index in [0.717, 1.165) is 32.1 Å². The summed E-state index contributed by atoms with van der Waals surface area (Å²) in [5, 5.41) is 13.1. The lowest BCUT2D eigenvalue weighted by molar-refractivity contribution is 0.0594. The number of rotatable bonds is 5. The summed E-state index contributed by atoms with van der Waals surface area (Å²) < 4.78 is 4.86. The lowest BCUT2D eigenvalue weighted by Gasteiger charge is -2.27. The number of carbonyl (C=O) groups excluding carboxylic acids is 3. The Morgan fingerprint density at radius 3 is 2.47 bits per heavy atom. The molecule has 1 amide bonds. The van der Waals surface area contributed by atoms with E-state index in [1.807, 2.05) is 0 Å². The minimum Gasteiger partial charge on any atom is -0.508 e. The third kappa shape index (κ3) is 3.56. The number of nitrogens with one attached hydrogen (secondary N) is 1. The van der Waals surface area contributed by atoms with Gasteiger partial charge in [-0.15, -0.1) is 0 Å². The zero-order valence-corrected chi connectivity index (χ0v) is 17.0. The lowest BCUT2D eigenvalue weighted by Crippen LogP contribution is -2.45. The zero-order chi connectivity index (χ0) is 21.5. The molecule has 1 heterocycles. The second-order valence-corrected chi connectivity index (χ2v) is 8.25. The van der Waals surface area contributed by atoms with Gasteiger partial charge in [0.25, 0.3) is 5.91 Å². The molecule has 2 fully saturated rings. The Morgan fingerprint density at radius 1 is 1.13 bits per heavy atom. The molecule has 7 nitrogen and oxygen atoms in total. The predicted molar refractivity (Wildman–Crippen MR) is 109 cm³/mol. The number of benzene rings is 1. The minimum absolute atomic E-state index is 0.0521. The smallest absolute Gasteiger partial charge is 0.357 e. The molecule has 30 heavy (non-hydrogen) atoms. The summed E-state index contributed by atoms with van der Waals surface area (Å²) in [5.41, 5.74) is 0.883. The first kappa shape index (κ1) is 20.1. The molecule has 0 radical (unpaired) electrons. The Bertz CT molecular complexity index is 1040. The van der Waals surface area contributed by atoms with Crippen molar-refractivity contribution < 1.29 is 24.2 Å². The van der Waals surface area contributed by atoms with Crippen LogP contribution < -0.4 is 5.32 Å². The van der Waals surface area contributed by atoms with Crippen molar-refractivity contribution >= 4 is 17.7 Å². The predicted octanol–water partition coefficient (Wildman–Crippen LogP) is 3.51. The van der Waals surface area contributed by atoms with Crippen molar-refractivity contribution in [3.8, 4) is 16.9 Å². The Balaban J connectivity index is 1.73. The lowest BCUT2D eigenvalue weighted by atomic mass is 9.93. The van der Waals surface area contributed by atoms with Crippen LogP contribution in [0.15, 0.2) is 30.3 Å². The van der Waals surface area contributed by atoms with Crippen molar-refractivity contribution in [3.63, 3.8) is 0 Å². The summed E-state index contributed by atoms with van der Waals surface area (Å²) in [6, 6.07) is 7.39. The van der Waals surface area contributed by atoms with Gasteiger partial charge in [-0.05, 0) is 80.8 Å². The van der Waals surface area contributed by atoms with Crippen LogP contribution in [0.2, 0.25) is 0 Å². The van der Waals surface area contributed by atoms with Gasteiger partial charge >= 0.3 is 5.97 Å². The first-order valence-corrected chi connectivity index (χ1v) is 10.1. The number of hydrogen-bond donors (Lipinski definition) is 2. The van der Waals surface area contributed by atoms with E-state index in [4.69, 9.17) is 4.74 Å².